The second-order valence-corrected chi connectivity index (χ2v) is 2.22. The van der Waals surface area contributed by atoms with Crippen molar-refractivity contribution in [2.45, 2.75) is 26.4 Å². The monoisotopic (exact) mass is 140 g/mol. The van der Waals surface area contributed by atoms with Crippen LogP contribution in [0.2, 0.25) is 0 Å². The molecule has 10 heavy (non-hydrogen) atoms. The minimum absolute atomic E-state index is 0.0255. The molecule has 0 aliphatic heterocycles. The van der Waals surface area contributed by atoms with Crippen molar-refractivity contribution in [1.29, 1.82) is 0 Å². The van der Waals surface area contributed by atoms with Gasteiger partial charge in [0.25, 0.3) is 0 Å². The molecule has 1 heterocycles. The molecule has 0 bridgehead atoms. The van der Waals surface area contributed by atoms with Crippen LogP contribution in [0, 0.1) is 0 Å². The zero-order valence-corrected chi connectivity index (χ0v) is 6.28. The van der Waals surface area contributed by atoms with Crippen molar-refractivity contribution in [2.75, 3.05) is 0 Å². The average Bonchev–Trinajstić information content (AvgIpc) is 2.33. The van der Waals surface area contributed by atoms with Crippen molar-refractivity contribution in [2.24, 2.45) is 5.73 Å². The van der Waals surface area contributed by atoms with E-state index in [4.69, 9.17) is 5.73 Å². The minimum atomic E-state index is -0.0255. The van der Waals surface area contributed by atoms with E-state index in [0.29, 0.717) is 0 Å². The lowest BCUT2D eigenvalue weighted by atomic mass is 10.3. The fraction of sp³-hybridized carbons (Fsp3) is 0.667. The predicted octanol–water partition coefficient (Wildman–Crippen LogP) is 0.318. The highest BCUT2D eigenvalue weighted by Crippen LogP contribution is 2.02. The fourth-order valence-corrected chi connectivity index (χ4v) is 0.869. The molecule has 4 nitrogen and oxygen atoms in total. The molecule has 56 valence electrons. The zero-order chi connectivity index (χ0) is 7.56. The van der Waals surface area contributed by atoms with Gasteiger partial charge < -0.3 is 5.73 Å². The van der Waals surface area contributed by atoms with E-state index >= 15 is 0 Å². The molecule has 0 saturated heterocycles. The summed E-state index contributed by atoms with van der Waals surface area (Å²) >= 11 is 0. The Bertz CT molecular complexity index is 203. The highest BCUT2D eigenvalue weighted by Gasteiger charge is 2.05. The summed E-state index contributed by atoms with van der Waals surface area (Å²) < 4.78 is 1.80. The van der Waals surface area contributed by atoms with E-state index < -0.39 is 0 Å². The van der Waals surface area contributed by atoms with E-state index in [-0.39, 0.29) is 6.04 Å². The molecule has 0 fully saturated rings. The number of rotatable bonds is 2. The summed E-state index contributed by atoms with van der Waals surface area (Å²) in [4.78, 5) is 4.01. The van der Waals surface area contributed by atoms with Crippen molar-refractivity contribution in [3.8, 4) is 0 Å². The maximum Gasteiger partial charge on any atom is 0.143 e. The Morgan fingerprint density at radius 2 is 2.50 bits per heavy atom. The van der Waals surface area contributed by atoms with E-state index in [1.165, 1.54) is 6.33 Å². The summed E-state index contributed by atoms with van der Waals surface area (Å²) in [5.41, 5.74) is 5.61. The average molecular weight is 140 g/mol. The second kappa shape index (κ2) is 2.79. The van der Waals surface area contributed by atoms with Gasteiger partial charge in [-0.3, -0.25) is 0 Å². The van der Waals surface area contributed by atoms with Gasteiger partial charge in [-0.2, -0.15) is 5.10 Å². The Balaban J connectivity index is 2.90. The number of nitrogens with two attached hydrogens (primary N) is 1. The first-order chi connectivity index (χ1) is 4.75. The van der Waals surface area contributed by atoms with E-state index in [1.807, 2.05) is 13.8 Å². The third kappa shape index (κ3) is 1.16. The van der Waals surface area contributed by atoms with Gasteiger partial charge in [0.05, 0.1) is 6.04 Å². The molecule has 0 saturated carbocycles. The van der Waals surface area contributed by atoms with Crippen LogP contribution in [0.3, 0.4) is 0 Å². The highest BCUT2D eigenvalue weighted by molar-refractivity contribution is 4.89. The SMILES string of the molecule is CCn1ncnc1[C@@H](C)N. The first kappa shape index (κ1) is 7.21. The van der Waals surface area contributed by atoms with Crippen molar-refractivity contribution in [3.05, 3.63) is 12.2 Å². The van der Waals surface area contributed by atoms with Gasteiger partial charge in [-0.15, -0.1) is 0 Å². The van der Waals surface area contributed by atoms with Gasteiger partial charge in [-0.25, -0.2) is 9.67 Å². The van der Waals surface area contributed by atoms with Gasteiger partial charge in [-0.1, -0.05) is 0 Å². The van der Waals surface area contributed by atoms with Crippen molar-refractivity contribution in [1.82, 2.24) is 14.8 Å². The fourth-order valence-electron chi connectivity index (χ4n) is 0.869. The maximum absolute atomic E-state index is 5.61. The van der Waals surface area contributed by atoms with Crippen LogP contribution in [0.5, 0.6) is 0 Å². The largest absolute Gasteiger partial charge is 0.322 e. The molecule has 1 aromatic rings. The molecule has 0 aromatic carbocycles. The number of aryl methyl sites for hydroxylation is 1. The molecular weight excluding hydrogens is 128 g/mol. The molecule has 1 rings (SSSR count). The molecule has 0 amide bonds. The number of aromatic nitrogens is 3. The molecule has 0 unspecified atom stereocenters. The Kier molecular flexibility index (Phi) is 2.01. The quantitative estimate of drug-likeness (QED) is 0.643. The van der Waals surface area contributed by atoms with Gasteiger partial charge in [0, 0.05) is 6.54 Å². The van der Waals surface area contributed by atoms with Crippen LogP contribution < -0.4 is 5.73 Å². The van der Waals surface area contributed by atoms with Crippen LogP contribution in [0.1, 0.15) is 25.7 Å². The molecule has 2 N–H and O–H groups in total. The van der Waals surface area contributed by atoms with Gasteiger partial charge >= 0.3 is 0 Å². The van der Waals surface area contributed by atoms with Gasteiger partial charge in [0.15, 0.2) is 0 Å². The topological polar surface area (TPSA) is 56.7 Å². The van der Waals surface area contributed by atoms with Gasteiger partial charge in [0.1, 0.15) is 12.2 Å². The Hall–Kier alpha value is -0.900. The van der Waals surface area contributed by atoms with Gasteiger partial charge in [-0.05, 0) is 13.8 Å². The summed E-state index contributed by atoms with van der Waals surface area (Å²) in [6.07, 6.45) is 1.53. The molecule has 1 aromatic heterocycles. The molecule has 4 heteroatoms. The standard InChI is InChI=1S/C6H12N4/c1-3-10-6(5(2)7)8-4-9-10/h4-5H,3,7H2,1-2H3/t5-/m1/s1. The summed E-state index contributed by atoms with van der Waals surface area (Å²) in [6, 6.07) is -0.0255. The van der Waals surface area contributed by atoms with Gasteiger partial charge in [0.2, 0.25) is 0 Å². The van der Waals surface area contributed by atoms with Crippen LogP contribution in [0.25, 0.3) is 0 Å². The van der Waals surface area contributed by atoms with E-state index in [0.717, 1.165) is 12.4 Å². The van der Waals surface area contributed by atoms with Crippen molar-refractivity contribution < 1.29 is 0 Å². The van der Waals surface area contributed by atoms with Crippen LogP contribution in [0.15, 0.2) is 6.33 Å². The molecule has 0 aliphatic rings. The number of hydrogen-bond acceptors (Lipinski definition) is 3. The minimum Gasteiger partial charge on any atom is -0.322 e. The van der Waals surface area contributed by atoms with Crippen molar-refractivity contribution >= 4 is 0 Å². The molecule has 1 atom stereocenters. The third-order valence-electron chi connectivity index (χ3n) is 1.35. The summed E-state index contributed by atoms with van der Waals surface area (Å²) in [5.74, 6) is 0.850. The van der Waals surface area contributed by atoms with Crippen LogP contribution in [0.4, 0.5) is 0 Å². The number of hydrogen-bond donors (Lipinski definition) is 1. The van der Waals surface area contributed by atoms with E-state index in [2.05, 4.69) is 10.1 Å². The molecule has 0 spiro atoms. The van der Waals surface area contributed by atoms with E-state index in [9.17, 15) is 0 Å². The summed E-state index contributed by atoms with van der Waals surface area (Å²) in [7, 11) is 0. The third-order valence-corrected chi connectivity index (χ3v) is 1.35. The summed E-state index contributed by atoms with van der Waals surface area (Å²) in [6.45, 7) is 4.74. The smallest absolute Gasteiger partial charge is 0.143 e. The lowest BCUT2D eigenvalue weighted by molar-refractivity contribution is 0.580. The first-order valence-electron chi connectivity index (χ1n) is 3.39. The Morgan fingerprint density at radius 3 is 2.90 bits per heavy atom. The van der Waals surface area contributed by atoms with Crippen molar-refractivity contribution in [3.63, 3.8) is 0 Å². The zero-order valence-electron chi connectivity index (χ0n) is 6.28. The number of nitrogens with zero attached hydrogens (tertiary/aromatic N) is 3. The normalized spacial score (nSPS) is 13.5. The second-order valence-electron chi connectivity index (χ2n) is 2.22. The molecule has 0 radical (unpaired) electrons. The van der Waals surface area contributed by atoms with Crippen LogP contribution in [-0.2, 0) is 6.54 Å². The lowest BCUT2D eigenvalue weighted by Crippen LogP contribution is -2.13. The first-order valence-corrected chi connectivity index (χ1v) is 3.39. The van der Waals surface area contributed by atoms with E-state index in [1.54, 1.807) is 4.68 Å². The molecule has 0 aliphatic carbocycles. The molecular formula is C6H12N4. The predicted molar refractivity (Wildman–Crippen MR) is 38.3 cm³/mol. The van der Waals surface area contributed by atoms with Crippen LogP contribution in [-0.4, -0.2) is 14.8 Å². The Morgan fingerprint density at radius 1 is 1.80 bits per heavy atom. The lowest BCUT2D eigenvalue weighted by Gasteiger charge is -2.04. The highest BCUT2D eigenvalue weighted by atomic mass is 15.3. The van der Waals surface area contributed by atoms with Crippen LogP contribution >= 0.6 is 0 Å². The maximum atomic E-state index is 5.61. The summed E-state index contributed by atoms with van der Waals surface area (Å²) in [5, 5.41) is 3.98. The Labute approximate surface area is 60.1 Å².